The van der Waals surface area contributed by atoms with E-state index in [-0.39, 0.29) is 11.5 Å². The molecule has 0 heterocycles. The number of hydrogen-bond acceptors (Lipinski definition) is 4. The van der Waals surface area contributed by atoms with E-state index in [1.807, 2.05) is 36.4 Å². The summed E-state index contributed by atoms with van der Waals surface area (Å²) in [6, 6.07) is 20.0. The summed E-state index contributed by atoms with van der Waals surface area (Å²) in [5, 5.41) is 27.3. The molecule has 4 rings (SSSR count). The van der Waals surface area contributed by atoms with Crippen molar-refractivity contribution < 1.29 is 10.2 Å². The average Bonchev–Trinajstić information content (AvgIpc) is 2.65. The first-order valence-electron chi connectivity index (χ1n) is 7.54. The first kappa shape index (κ1) is 14.2. The Hall–Kier alpha value is -3.40. The average molecular weight is 314 g/mol. The van der Waals surface area contributed by atoms with Gasteiger partial charge in [-0.3, -0.25) is 0 Å². The van der Waals surface area contributed by atoms with Crippen LogP contribution in [0.25, 0.3) is 32.7 Å². The van der Waals surface area contributed by atoms with E-state index in [0.29, 0.717) is 27.2 Å². The Morgan fingerprint density at radius 3 is 1.96 bits per heavy atom. The molecule has 4 aromatic carbocycles. The summed E-state index contributed by atoms with van der Waals surface area (Å²) in [5.74, 6) is 0.321. The van der Waals surface area contributed by atoms with Crippen LogP contribution >= 0.6 is 0 Å². The number of aromatic hydroxyl groups is 2. The minimum absolute atomic E-state index is 0.156. The maximum atomic E-state index is 10.8. The zero-order valence-electron chi connectivity index (χ0n) is 12.7. The first-order chi connectivity index (χ1) is 11.7. The number of fused-ring (bicyclic) bond motifs is 2. The van der Waals surface area contributed by atoms with Crippen LogP contribution in [-0.2, 0) is 0 Å². The van der Waals surface area contributed by atoms with E-state index < -0.39 is 0 Å². The summed E-state index contributed by atoms with van der Waals surface area (Å²) in [5.41, 5.74) is 9.33. The van der Waals surface area contributed by atoms with E-state index in [0.717, 1.165) is 11.1 Å². The van der Waals surface area contributed by atoms with Crippen LogP contribution < -0.4 is 0 Å². The molecule has 0 aromatic heterocycles. The topological polar surface area (TPSA) is 76.7 Å². The zero-order chi connectivity index (χ0) is 16.7. The predicted octanol–water partition coefficient (Wildman–Crippen LogP) is 5.73. The Morgan fingerprint density at radius 2 is 1.29 bits per heavy atom. The van der Waals surface area contributed by atoms with Crippen molar-refractivity contribution in [3.63, 3.8) is 0 Å². The van der Waals surface area contributed by atoms with Gasteiger partial charge in [-0.25, -0.2) is 5.53 Å². The number of rotatable bonds is 2. The van der Waals surface area contributed by atoms with Gasteiger partial charge in [-0.15, -0.1) is 0 Å². The van der Waals surface area contributed by atoms with Crippen LogP contribution in [0, 0.1) is 5.53 Å². The van der Waals surface area contributed by atoms with Gasteiger partial charge in [0.1, 0.15) is 11.5 Å². The number of benzene rings is 4. The highest BCUT2D eigenvalue weighted by Gasteiger charge is 2.16. The maximum Gasteiger partial charge on any atom is 0.132 e. The van der Waals surface area contributed by atoms with Gasteiger partial charge < -0.3 is 10.2 Å². The van der Waals surface area contributed by atoms with Crippen molar-refractivity contribution in [3.05, 3.63) is 66.7 Å². The lowest BCUT2D eigenvalue weighted by Crippen LogP contribution is -1.85. The molecule has 0 atom stereocenters. The Labute approximate surface area is 138 Å². The fourth-order valence-electron chi connectivity index (χ4n) is 3.14. The third-order valence-electron chi connectivity index (χ3n) is 4.30. The Kier molecular flexibility index (Phi) is 3.17. The maximum absolute atomic E-state index is 10.8. The summed E-state index contributed by atoms with van der Waals surface area (Å²) in [6.07, 6.45) is 0. The van der Waals surface area contributed by atoms with Crippen LogP contribution in [0.4, 0.5) is 5.69 Å². The lowest BCUT2D eigenvalue weighted by Gasteiger charge is -2.13. The molecule has 0 saturated heterocycles. The number of hydrogen-bond donors (Lipinski definition) is 3. The van der Waals surface area contributed by atoms with Gasteiger partial charge in [-0.2, -0.15) is 5.11 Å². The van der Waals surface area contributed by atoms with Crippen LogP contribution in [0.2, 0.25) is 0 Å². The fraction of sp³-hybridized carbons (Fsp3) is 0. The number of phenols is 2. The largest absolute Gasteiger partial charge is 0.507 e. The highest BCUT2D eigenvalue weighted by Crippen LogP contribution is 2.45. The molecule has 0 spiro atoms. The summed E-state index contributed by atoms with van der Waals surface area (Å²) < 4.78 is 0. The van der Waals surface area contributed by atoms with E-state index in [1.165, 1.54) is 0 Å². The molecule has 3 N–H and O–H groups in total. The standard InChI is InChI=1S/C20H14N2O2/c21-22-13-10-8-12(9-11-13)14-6-3-7-17-18(14)20(24)16-5-2-1-4-15(16)19(17)23/h1-11,21,23-24H. The molecule has 0 fully saturated rings. The van der Waals surface area contributed by atoms with E-state index in [2.05, 4.69) is 5.11 Å². The van der Waals surface area contributed by atoms with Crippen LogP contribution in [0.15, 0.2) is 71.8 Å². The fourth-order valence-corrected chi connectivity index (χ4v) is 3.14. The molecular formula is C20H14N2O2. The van der Waals surface area contributed by atoms with E-state index in [4.69, 9.17) is 5.53 Å². The second-order valence-electron chi connectivity index (χ2n) is 5.63. The lowest BCUT2D eigenvalue weighted by atomic mass is 9.93. The van der Waals surface area contributed by atoms with Crippen molar-refractivity contribution in [1.82, 2.24) is 0 Å². The van der Waals surface area contributed by atoms with E-state index >= 15 is 0 Å². The molecule has 0 aliphatic rings. The SMILES string of the molecule is N=Nc1ccc(-c2cccc3c(O)c4ccccc4c(O)c23)cc1. The van der Waals surface area contributed by atoms with E-state index in [9.17, 15) is 10.2 Å². The number of phenolic OH excluding ortho intramolecular Hbond substituents is 2. The second-order valence-corrected chi connectivity index (χ2v) is 5.63. The van der Waals surface area contributed by atoms with Crippen molar-refractivity contribution >= 4 is 27.2 Å². The summed E-state index contributed by atoms with van der Waals surface area (Å²) >= 11 is 0. The summed E-state index contributed by atoms with van der Waals surface area (Å²) in [4.78, 5) is 0. The minimum atomic E-state index is 0.156. The van der Waals surface area contributed by atoms with Crippen molar-refractivity contribution in [1.29, 1.82) is 5.53 Å². The second kappa shape index (κ2) is 5.35. The highest BCUT2D eigenvalue weighted by molar-refractivity contribution is 6.15. The molecule has 4 nitrogen and oxygen atoms in total. The minimum Gasteiger partial charge on any atom is -0.507 e. The quantitative estimate of drug-likeness (QED) is 0.251. The van der Waals surface area contributed by atoms with Crippen LogP contribution in [0.1, 0.15) is 0 Å². The van der Waals surface area contributed by atoms with Gasteiger partial charge in [0.15, 0.2) is 0 Å². The van der Waals surface area contributed by atoms with Gasteiger partial charge in [-0.05, 0) is 23.3 Å². The molecule has 0 unspecified atom stereocenters. The lowest BCUT2D eigenvalue weighted by molar-refractivity contribution is 0.478. The molecule has 4 heteroatoms. The Bertz CT molecular complexity index is 1090. The van der Waals surface area contributed by atoms with Crippen LogP contribution in [-0.4, -0.2) is 10.2 Å². The van der Waals surface area contributed by atoms with Gasteiger partial charge in [-0.1, -0.05) is 54.6 Å². The third-order valence-corrected chi connectivity index (χ3v) is 4.30. The monoisotopic (exact) mass is 314 g/mol. The number of nitrogens with zero attached hydrogens (tertiary/aromatic N) is 1. The molecule has 0 aliphatic heterocycles. The molecular weight excluding hydrogens is 300 g/mol. The van der Waals surface area contributed by atoms with Crippen LogP contribution in [0.3, 0.4) is 0 Å². The highest BCUT2D eigenvalue weighted by atomic mass is 16.3. The van der Waals surface area contributed by atoms with Gasteiger partial charge in [0.25, 0.3) is 0 Å². The van der Waals surface area contributed by atoms with Crippen LogP contribution in [0.5, 0.6) is 11.5 Å². The smallest absolute Gasteiger partial charge is 0.132 e. The van der Waals surface area contributed by atoms with Gasteiger partial charge >= 0.3 is 0 Å². The molecule has 0 radical (unpaired) electrons. The molecule has 0 amide bonds. The normalized spacial score (nSPS) is 11.0. The zero-order valence-corrected chi connectivity index (χ0v) is 12.7. The van der Waals surface area contributed by atoms with Crippen molar-refractivity contribution in [2.45, 2.75) is 0 Å². The predicted molar refractivity (Wildman–Crippen MR) is 95.0 cm³/mol. The van der Waals surface area contributed by atoms with Gasteiger partial charge in [0.2, 0.25) is 0 Å². The first-order valence-corrected chi connectivity index (χ1v) is 7.54. The summed E-state index contributed by atoms with van der Waals surface area (Å²) in [6.45, 7) is 0. The number of nitrogens with one attached hydrogen (secondary N) is 1. The van der Waals surface area contributed by atoms with Crippen molar-refractivity contribution in [3.8, 4) is 22.6 Å². The molecule has 116 valence electrons. The summed E-state index contributed by atoms with van der Waals surface area (Å²) in [7, 11) is 0. The molecule has 4 aromatic rings. The Morgan fingerprint density at radius 1 is 0.667 bits per heavy atom. The van der Waals surface area contributed by atoms with E-state index in [1.54, 1.807) is 30.3 Å². The molecule has 0 saturated carbocycles. The molecule has 0 aliphatic carbocycles. The van der Waals surface area contributed by atoms with Gasteiger partial charge in [0, 0.05) is 21.5 Å². The molecule has 0 bridgehead atoms. The third kappa shape index (κ3) is 2.01. The molecule has 24 heavy (non-hydrogen) atoms. The Balaban J connectivity index is 2.11. The van der Waals surface area contributed by atoms with Crippen molar-refractivity contribution in [2.75, 3.05) is 0 Å². The van der Waals surface area contributed by atoms with Crippen molar-refractivity contribution in [2.24, 2.45) is 5.11 Å². The van der Waals surface area contributed by atoms with Gasteiger partial charge in [0.05, 0.1) is 5.69 Å².